The molecular weight excluding hydrogens is 280 g/mol. The van der Waals surface area contributed by atoms with Gasteiger partial charge in [0.25, 0.3) is 0 Å². The SMILES string of the molecule is COc1c(Cl)cccc1NC(=O)NCC1CCCC1O. The number of carbonyl (C=O) groups is 1. The van der Waals surface area contributed by atoms with Gasteiger partial charge in [-0.25, -0.2) is 4.79 Å². The van der Waals surface area contributed by atoms with Gasteiger partial charge < -0.3 is 20.5 Å². The summed E-state index contributed by atoms with van der Waals surface area (Å²) in [7, 11) is 1.50. The molecule has 110 valence electrons. The molecule has 0 aliphatic heterocycles. The van der Waals surface area contributed by atoms with E-state index in [0.29, 0.717) is 23.0 Å². The average Bonchev–Trinajstić information content (AvgIpc) is 2.82. The van der Waals surface area contributed by atoms with Gasteiger partial charge in [-0.15, -0.1) is 0 Å². The van der Waals surface area contributed by atoms with Gasteiger partial charge >= 0.3 is 6.03 Å². The largest absolute Gasteiger partial charge is 0.493 e. The van der Waals surface area contributed by atoms with Gasteiger partial charge in [0.15, 0.2) is 5.75 Å². The van der Waals surface area contributed by atoms with Crippen LogP contribution in [0.4, 0.5) is 10.5 Å². The smallest absolute Gasteiger partial charge is 0.319 e. The summed E-state index contributed by atoms with van der Waals surface area (Å²) in [6.45, 7) is 0.468. The fraction of sp³-hybridized carbons (Fsp3) is 0.500. The summed E-state index contributed by atoms with van der Waals surface area (Å²) in [4.78, 5) is 11.9. The van der Waals surface area contributed by atoms with E-state index in [-0.39, 0.29) is 18.1 Å². The van der Waals surface area contributed by atoms with E-state index in [4.69, 9.17) is 16.3 Å². The van der Waals surface area contributed by atoms with Gasteiger partial charge in [-0.1, -0.05) is 24.1 Å². The molecule has 2 rings (SSSR count). The van der Waals surface area contributed by atoms with Crippen molar-refractivity contribution in [3.8, 4) is 5.75 Å². The monoisotopic (exact) mass is 298 g/mol. The molecule has 1 aliphatic carbocycles. The van der Waals surface area contributed by atoms with E-state index in [1.165, 1.54) is 7.11 Å². The number of para-hydroxylation sites is 1. The Labute approximate surface area is 123 Å². The van der Waals surface area contributed by atoms with Crippen molar-refractivity contribution in [1.29, 1.82) is 0 Å². The molecule has 2 atom stereocenters. The van der Waals surface area contributed by atoms with Gasteiger partial charge in [-0.05, 0) is 25.0 Å². The van der Waals surface area contributed by atoms with E-state index < -0.39 is 0 Å². The van der Waals surface area contributed by atoms with Crippen LogP contribution >= 0.6 is 11.6 Å². The second-order valence-corrected chi connectivity index (χ2v) is 5.32. The molecule has 0 heterocycles. The lowest BCUT2D eigenvalue weighted by Crippen LogP contribution is -2.35. The van der Waals surface area contributed by atoms with Crippen molar-refractivity contribution in [3.63, 3.8) is 0 Å². The first-order chi connectivity index (χ1) is 9.61. The molecule has 0 spiro atoms. The number of halogens is 1. The minimum atomic E-state index is -0.329. The third kappa shape index (κ3) is 3.55. The Balaban J connectivity index is 1.90. The Bertz CT molecular complexity index is 481. The molecule has 1 aromatic rings. The molecule has 0 bridgehead atoms. The van der Waals surface area contributed by atoms with Crippen molar-refractivity contribution in [3.05, 3.63) is 23.2 Å². The first-order valence-corrected chi connectivity index (χ1v) is 7.05. The molecule has 3 N–H and O–H groups in total. The number of hydrogen-bond acceptors (Lipinski definition) is 3. The number of nitrogens with one attached hydrogen (secondary N) is 2. The number of carbonyl (C=O) groups excluding carboxylic acids is 1. The Morgan fingerprint density at radius 1 is 1.50 bits per heavy atom. The van der Waals surface area contributed by atoms with Gasteiger partial charge in [0.1, 0.15) is 0 Å². The minimum Gasteiger partial charge on any atom is -0.493 e. The van der Waals surface area contributed by atoms with Crippen LogP contribution in [0.25, 0.3) is 0 Å². The molecule has 2 unspecified atom stereocenters. The number of hydrogen-bond donors (Lipinski definition) is 3. The highest BCUT2D eigenvalue weighted by atomic mass is 35.5. The molecule has 1 saturated carbocycles. The van der Waals surface area contributed by atoms with Crippen LogP contribution < -0.4 is 15.4 Å². The molecular formula is C14H19ClN2O3. The number of aliphatic hydroxyl groups is 1. The fourth-order valence-corrected chi connectivity index (χ4v) is 2.71. The highest BCUT2D eigenvalue weighted by Gasteiger charge is 2.25. The van der Waals surface area contributed by atoms with Crippen molar-refractivity contribution in [1.82, 2.24) is 5.32 Å². The predicted molar refractivity (Wildman–Crippen MR) is 78.4 cm³/mol. The van der Waals surface area contributed by atoms with Gasteiger partial charge in [0, 0.05) is 12.5 Å². The van der Waals surface area contributed by atoms with Crippen molar-refractivity contribution < 1.29 is 14.6 Å². The standard InChI is InChI=1S/C14H19ClN2O3/c1-20-13-10(15)5-3-6-11(13)17-14(19)16-8-9-4-2-7-12(9)18/h3,5-6,9,12,18H,2,4,7-8H2,1H3,(H2,16,17,19). The zero-order valence-electron chi connectivity index (χ0n) is 11.4. The molecule has 20 heavy (non-hydrogen) atoms. The number of rotatable bonds is 4. The molecule has 2 amide bonds. The first kappa shape index (κ1) is 14.9. The van der Waals surface area contributed by atoms with Gasteiger partial charge in [0.2, 0.25) is 0 Å². The molecule has 1 fully saturated rings. The highest BCUT2D eigenvalue weighted by molar-refractivity contribution is 6.32. The van der Waals surface area contributed by atoms with Crippen LogP contribution in [0, 0.1) is 5.92 Å². The molecule has 5 nitrogen and oxygen atoms in total. The molecule has 6 heteroatoms. The number of anilines is 1. The average molecular weight is 299 g/mol. The van der Waals surface area contributed by atoms with E-state index in [1.54, 1.807) is 18.2 Å². The Morgan fingerprint density at radius 3 is 2.95 bits per heavy atom. The van der Waals surface area contributed by atoms with Crippen LogP contribution in [0.15, 0.2) is 18.2 Å². The van der Waals surface area contributed by atoms with Crippen LogP contribution in [0.3, 0.4) is 0 Å². The lowest BCUT2D eigenvalue weighted by Gasteiger charge is -2.16. The summed E-state index contributed by atoms with van der Waals surface area (Å²) in [5, 5.41) is 15.6. The Kier molecular flexibility index (Phi) is 5.09. The summed E-state index contributed by atoms with van der Waals surface area (Å²) in [5.41, 5.74) is 0.518. The molecule has 0 radical (unpaired) electrons. The van der Waals surface area contributed by atoms with Gasteiger partial charge in [-0.3, -0.25) is 0 Å². The summed E-state index contributed by atoms with van der Waals surface area (Å²) >= 11 is 5.98. The predicted octanol–water partition coefficient (Wildman–Crippen LogP) is 2.63. The maximum absolute atomic E-state index is 11.9. The first-order valence-electron chi connectivity index (χ1n) is 6.67. The maximum Gasteiger partial charge on any atom is 0.319 e. The Morgan fingerprint density at radius 2 is 2.30 bits per heavy atom. The summed E-state index contributed by atoms with van der Waals surface area (Å²) < 4.78 is 5.16. The molecule has 1 aliphatic rings. The lowest BCUT2D eigenvalue weighted by molar-refractivity contribution is 0.133. The third-order valence-corrected chi connectivity index (χ3v) is 3.86. The van der Waals surface area contributed by atoms with Crippen molar-refractivity contribution in [2.24, 2.45) is 5.92 Å². The van der Waals surface area contributed by atoms with Crippen LogP contribution in [0.2, 0.25) is 5.02 Å². The van der Waals surface area contributed by atoms with E-state index in [9.17, 15) is 9.90 Å². The summed E-state index contributed by atoms with van der Waals surface area (Å²) in [6, 6.07) is 4.82. The minimum absolute atomic E-state index is 0.141. The van der Waals surface area contributed by atoms with E-state index in [0.717, 1.165) is 19.3 Å². The van der Waals surface area contributed by atoms with E-state index in [2.05, 4.69) is 10.6 Å². The summed E-state index contributed by atoms with van der Waals surface area (Å²) in [6.07, 6.45) is 2.46. The second kappa shape index (κ2) is 6.81. The Hall–Kier alpha value is -1.46. The molecule has 1 aromatic carbocycles. The second-order valence-electron chi connectivity index (χ2n) is 4.91. The van der Waals surface area contributed by atoms with Crippen molar-refractivity contribution in [2.45, 2.75) is 25.4 Å². The number of aliphatic hydroxyl groups excluding tert-OH is 1. The van der Waals surface area contributed by atoms with Crippen LogP contribution in [-0.4, -0.2) is 30.9 Å². The van der Waals surface area contributed by atoms with Gasteiger partial charge in [-0.2, -0.15) is 0 Å². The summed E-state index contributed by atoms with van der Waals surface area (Å²) in [5.74, 6) is 0.576. The number of urea groups is 1. The zero-order chi connectivity index (χ0) is 14.5. The van der Waals surface area contributed by atoms with Crippen LogP contribution in [-0.2, 0) is 0 Å². The van der Waals surface area contributed by atoms with E-state index >= 15 is 0 Å². The fourth-order valence-electron chi connectivity index (χ4n) is 2.46. The number of amides is 2. The molecule has 0 saturated heterocycles. The highest BCUT2D eigenvalue weighted by Crippen LogP contribution is 2.32. The van der Waals surface area contributed by atoms with E-state index in [1.807, 2.05) is 0 Å². The normalized spacial score (nSPS) is 21.6. The van der Waals surface area contributed by atoms with Gasteiger partial charge in [0.05, 0.1) is 23.9 Å². The van der Waals surface area contributed by atoms with Crippen molar-refractivity contribution in [2.75, 3.05) is 19.0 Å². The maximum atomic E-state index is 11.9. The lowest BCUT2D eigenvalue weighted by atomic mass is 10.1. The van der Waals surface area contributed by atoms with Crippen molar-refractivity contribution >= 4 is 23.3 Å². The number of methoxy groups -OCH3 is 1. The quantitative estimate of drug-likeness (QED) is 0.800. The van der Waals surface area contributed by atoms with Crippen LogP contribution in [0.5, 0.6) is 5.75 Å². The zero-order valence-corrected chi connectivity index (χ0v) is 12.1. The third-order valence-electron chi connectivity index (χ3n) is 3.56. The number of benzene rings is 1. The molecule has 0 aromatic heterocycles. The van der Waals surface area contributed by atoms with Crippen LogP contribution in [0.1, 0.15) is 19.3 Å². The number of ether oxygens (including phenoxy) is 1. The topological polar surface area (TPSA) is 70.6 Å².